The molecule has 3 N–H and O–H groups in total. The van der Waals surface area contributed by atoms with Crippen molar-refractivity contribution in [1.29, 1.82) is 0 Å². The maximum absolute atomic E-state index is 13.0. The third kappa shape index (κ3) is 5.27. The van der Waals surface area contributed by atoms with Gasteiger partial charge in [0.25, 0.3) is 0 Å². The van der Waals surface area contributed by atoms with Crippen molar-refractivity contribution in [2.45, 2.75) is 37.8 Å². The second-order valence-corrected chi connectivity index (χ2v) is 5.22. The molecule has 0 bridgehead atoms. The van der Waals surface area contributed by atoms with Gasteiger partial charge in [0.1, 0.15) is 5.82 Å². The second-order valence-electron chi connectivity index (χ2n) is 5.22. The monoisotopic (exact) mass is 280 g/mol. The predicted octanol–water partition coefficient (Wildman–Crippen LogP) is 1.51. The van der Waals surface area contributed by atoms with Crippen LogP contribution in [0.5, 0.6) is 0 Å². The summed E-state index contributed by atoms with van der Waals surface area (Å²) in [7, 11) is 0. The molecular weight excluding hydrogens is 259 g/mol. The third-order valence-corrected chi connectivity index (χ3v) is 3.27. The van der Waals surface area contributed by atoms with Crippen molar-refractivity contribution in [2.24, 2.45) is 0 Å². The molecule has 1 aromatic rings. The lowest BCUT2D eigenvalue weighted by Gasteiger charge is -2.12. The minimum absolute atomic E-state index is 0.0972. The second kappa shape index (κ2) is 7.36. The lowest BCUT2D eigenvalue weighted by atomic mass is 10.1. The maximum Gasteiger partial charge on any atom is 0.220 e. The molecule has 1 atom stereocenters. The molecule has 5 heteroatoms. The average Bonchev–Trinajstić information content (AvgIpc) is 3.22. The zero-order chi connectivity index (χ0) is 14.4. The van der Waals surface area contributed by atoms with Crippen molar-refractivity contribution in [3.63, 3.8) is 0 Å². The van der Waals surface area contributed by atoms with E-state index in [1.54, 1.807) is 12.1 Å². The van der Waals surface area contributed by atoms with E-state index in [1.165, 1.54) is 12.1 Å². The molecule has 1 aromatic carbocycles. The molecule has 0 saturated heterocycles. The van der Waals surface area contributed by atoms with Gasteiger partial charge in [0.05, 0.1) is 6.10 Å². The first kappa shape index (κ1) is 14.9. The topological polar surface area (TPSA) is 61.4 Å². The normalized spacial score (nSPS) is 15.9. The number of aliphatic hydroxyl groups excluding tert-OH is 1. The predicted molar refractivity (Wildman–Crippen MR) is 74.6 cm³/mol. The Labute approximate surface area is 118 Å². The number of nitrogens with one attached hydrogen (secondary N) is 2. The standard InChI is InChI=1S/C15H21FN2O2/c16-12-4-1-3-11(9-12)14(19)10-17-8-2-5-15(20)18-13-6-7-13/h1,3-4,9,13-14,17,19H,2,5-8,10H2,(H,18,20). The van der Waals surface area contributed by atoms with Gasteiger partial charge in [-0.05, 0) is 43.5 Å². The molecule has 0 heterocycles. The van der Waals surface area contributed by atoms with E-state index in [0.29, 0.717) is 31.1 Å². The smallest absolute Gasteiger partial charge is 0.220 e. The zero-order valence-corrected chi connectivity index (χ0v) is 11.4. The van der Waals surface area contributed by atoms with Gasteiger partial charge in [0, 0.05) is 19.0 Å². The van der Waals surface area contributed by atoms with E-state index in [2.05, 4.69) is 10.6 Å². The summed E-state index contributed by atoms with van der Waals surface area (Å²) in [5, 5.41) is 15.9. The molecule has 0 aromatic heterocycles. The number of carbonyl (C=O) groups is 1. The van der Waals surface area contributed by atoms with Crippen molar-refractivity contribution >= 4 is 5.91 Å². The summed E-state index contributed by atoms with van der Waals surface area (Å²) < 4.78 is 13.0. The molecule has 0 aliphatic heterocycles. The molecule has 20 heavy (non-hydrogen) atoms. The third-order valence-electron chi connectivity index (χ3n) is 3.27. The van der Waals surface area contributed by atoms with Crippen molar-refractivity contribution in [3.8, 4) is 0 Å². The lowest BCUT2D eigenvalue weighted by Crippen LogP contribution is -2.27. The summed E-state index contributed by atoms with van der Waals surface area (Å²) in [4.78, 5) is 11.4. The highest BCUT2D eigenvalue weighted by molar-refractivity contribution is 5.76. The first-order chi connectivity index (χ1) is 9.65. The van der Waals surface area contributed by atoms with E-state index in [-0.39, 0.29) is 11.7 Å². The van der Waals surface area contributed by atoms with Gasteiger partial charge in [0.15, 0.2) is 0 Å². The van der Waals surface area contributed by atoms with Gasteiger partial charge >= 0.3 is 0 Å². The molecular formula is C15H21FN2O2. The van der Waals surface area contributed by atoms with Crippen LogP contribution in [0.3, 0.4) is 0 Å². The number of aliphatic hydroxyl groups is 1. The Hall–Kier alpha value is -1.46. The van der Waals surface area contributed by atoms with Crippen LogP contribution in [0, 0.1) is 5.82 Å². The van der Waals surface area contributed by atoms with Gasteiger partial charge in [-0.2, -0.15) is 0 Å². The van der Waals surface area contributed by atoms with Crippen LogP contribution in [0.15, 0.2) is 24.3 Å². The van der Waals surface area contributed by atoms with E-state index in [4.69, 9.17) is 0 Å². The summed E-state index contributed by atoms with van der Waals surface area (Å²) in [5.41, 5.74) is 0.559. The van der Waals surface area contributed by atoms with Gasteiger partial charge in [-0.3, -0.25) is 4.79 Å². The quantitative estimate of drug-likeness (QED) is 0.633. The van der Waals surface area contributed by atoms with E-state index >= 15 is 0 Å². The molecule has 0 spiro atoms. The van der Waals surface area contributed by atoms with Crippen LogP contribution < -0.4 is 10.6 Å². The fourth-order valence-electron chi connectivity index (χ4n) is 1.97. The number of amides is 1. The van der Waals surface area contributed by atoms with Crippen LogP contribution in [-0.2, 0) is 4.79 Å². The number of hydrogen-bond donors (Lipinski definition) is 3. The molecule has 1 aliphatic carbocycles. The number of hydrogen-bond acceptors (Lipinski definition) is 3. The Bertz CT molecular complexity index is 449. The molecule has 1 amide bonds. The van der Waals surface area contributed by atoms with E-state index in [9.17, 15) is 14.3 Å². The Morgan fingerprint density at radius 1 is 1.45 bits per heavy atom. The molecule has 2 rings (SSSR count). The number of rotatable bonds is 8. The molecule has 4 nitrogen and oxygen atoms in total. The van der Waals surface area contributed by atoms with Crippen molar-refractivity contribution in [3.05, 3.63) is 35.6 Å². The first-order valence-corrected chi connectivity index (χ1v) is 7.09. The van der Waals surface area contributed by atoms with Crippen LogP contribution in [0.25, 0.3) is 0 Å². The van der Waals surface area contributed by atoms with E-state index < -0.39 is 6.10 Å². The largest absolute Gasteiger partial charge is 0.387 e. The SMILES string of the molecule is O=C(CCCNCC(O)c1cccc(F)c1)NC1CC1. The Kier molecular flexibility index (Phi) is 5.49. The highest BCUT2D eigenvalue weighted by Gasteiger charge is 2.22. The van der Waals surface area contributed by atoms with Gasteiger partial charge in [-0.1, -0.05) is 12.1 Å². The average molecular weight is 280 g/mol. The molecule has 1 aliphatic rings. The summed E-state index contributed by atoms with van der Waals surface area (Å²) in [6, 6.07) is 6.36. The van der Waals surface area contributed by atoms with Crippen molar-refractivity contribution in [1.82, 2.24) is 10.6 Å². The molecule has 1 fully saturated rings. The van der Waals surface area contributed by atoms with Crippen LogP contribution in [0.1, 0.15) is 37.4 Å². The zero-order valence-electron chi connectivity index (χ0n) is 11.4. The minimum Gasteiger partial charge on any atom is -0.387 e. The van der Waals surface area contributed by atoms with Crippen LogP contribution >= 0.6 is 0 Å². The summed E-state index contributed by atoms with van der Waals surface area (Å²) in [6.07, 6.45) is 2.70. The Morgan fingerprint density at radius 2 is 2.25 bits per heavy atom. The van der Waals surface area contributed by atoms with E-state index in [1.807, 2.05) is 0 Å². The van der Waals surface area contributed by atoms with Gasteiger partial charge in [-0.15, -0.1) is 0 Å². The summed E-state index contributed by atoms with van der Waals surface area (Å²) >= 11 is 0. The molecule has 1 saturated carbocycles. The fourth-order valence-corrected chi connectivity index (χ4v) is 1.97. The lowest BCUT2D eigenvalue weighted by molar-refractivity contribution is -0.121. The van der Waals surface area contributed by atoms with Crippen LogP contribution in [-0.4, -0.2) is 30.1 Å². The number of carbonyl (C=O) groups excluding carboxylic acids is 1. The maximum atomic E-state index is 13.0. The van der Waals surface area contributed by atoms with Crippen molar-refractivity contribution < 1.29 is 14.3 Å². The highest BCUT2D eigenvalue weighted by atomic mass is 19.1. The molecule has 1 unspecified atom stereocenters. The highest BCUT2D eigenvalue weighted by Crippen LogP contribution is 2.18. The van der Waals surface area contributed by atoms with Crippen LogP contribution in [0.4, 0.5) is 4.39 Å². The van der Waals surface area contributed by atoms with Gasteiger partial charge < -0.3 is 15.7 Å². The number of benzene rings is 1. The Morgan fingerprint density at radius 3 is 2.95 bits per heavy atom. The van der Waals surface area contributed by atoms with Gasteiger partial charge in [0.2, 0.25) is 5.91 Å². The van der Waals surface area contributed by atoms with Crippen molar-refractivity contribution in [2.75, 3.05) is 13.1 Å². The molecule has 0 radical (unpaired) electrons. The minimum atomic E-state index is -0.731. The Balaban J connectivity index is 1.57. The molecule has 110 valence electrons. The summed E-state index contributed by atoms with van der Waals surface area (Å²) in [6.45, 7) is 1.01. The fraction of sp³-hybridized carbons (Fsp3) is 0.533. The van der Waals surface area contributed by atoms with E-state index in [0.717, 1.165) is 19.3 Å². The number of halogens is 1. The first-order valence-electron chi connectivity index (χ1n) is 7.09. The van der Waals surface area contributed by atoms with Crippen LogP contribution in [0.2, 0.25) is 0 Å². The summed E-state index contributed by atoms with van der Waals surface area (Å²) in [5.74, 6) is -0.252. The van der Waals surface area contributed by atoms with Gasteiger partial charge in [-0.25, -0.2) is 4.39 Å².